The zero-order valence-electron chi connectivity index (χ0n) is 10.5. The van der Waals surface area contributed by atoms with Crippen molar-refractivity contribution in [3.05, 3.63) is 47.8 Å². The van der Waals surface area contributed by atoms with E-state index in [1.165, 1.54) is 5.56 Å². The number of imidazole rings is 1. The number of rotatable bonds is 4. The van der Waals surface area contributed by atoms with Crippen LogP contribution in [0.1, 0.15) is 30.0 Å². The number of pyridine rings is 1. The molecular weight excluding hydrogens is 212 g/mol. The van der Waals surface area contributed by atoms with Gasteiger partial charge in [0.1, 0.15) is 11.9 Å². The standard InChI is InChI=1S/C13H18N4/c1-4-10-6-5-7-15-11(10)12(14-2)13-16-8-9-17(13)3/h5-9,12,14H,4H2,1-3H3. The molecule has 0 saturated carbocycles. The molecule has 90 valence electrons. The highest BCUT2D eigenvalue weighted by Gasteiger charge is 2.19. The number of nitrogens with zero attached hydrogens (tertiary/aromatic N) is 3. The molecule has 2 aromatic heterocycles. The summed E-state index contributed by atoms with van der Waals surface area (Å²) in [5, 5.41) is 3.29. The predicted molar refractivity (Wildman–Crippen MR) is 67.7 cm³/mol. The molecule has 1 unspecified atom stereocenters. The Morgan fingerprint density at radius 2 is 2.18 bits per heavy atom. The molecule has 17 heavy (non-hydrogen) atoms. The molecule has 2 aromatic rings. The average molecular weight is 230 g/mol. The molecule has 0 saturated heterocycles. The molecule has 0 aliphatic heterocycles. The van der Waals surface area contributed by atoms with Crippen molar-refractivity contribution < 1.29 is 0 Å². The fourth-order valence-electron chi connectivity index (χ4n) is 2.05. The van der Waals surface area contributed by atoms with Gasteiger partial charge in [-0.25, -0.2) is 4.98 Å². The summed E-state index contributed by atoms with van der Waals surface area (Å²) in [6.45, 7) is 2.14. The second-order valence-corrected chi connectivity index (χ2v) is 4.02. The van der Waals surface area contributed by atoms with Crippen LogP contribution >= 0.6 is 0 Å². The SMILES string of the molecule is CCc1cccnc1C(NC)c1nccn1C. The summed E-state index contributed by atoms with van der Waals surface area (Å²) < 4.78 is 2.02. The van der Waals surface area contributed by atoms with Crippen LogP contribution in [0.5, 0.6) is 0 Å². The van der Waals surface area contributed by atoms with Gasteiger partial charge in [-0.15, -0.1) is 0 Å². The van der Waals surface area contributed by atoms with Gasteiger partial charge in [-0.2, -0.15) is 0 Å². The van der Waals surface area contributed by atoms with Crippen molar-refractivity contribution in [2.24, 2.45) is 7.05 Å². The fraction of sp³-hybridized carbons (Fsp3) is 0.385. The smallest absolute Gasteiger partial charge is 0.131 e. The van der Waals surface area contributed by atoms with E-state index >= 15 is 0 Å². The molecule has 0 aromatic carbocycles. The minimum atomic E-state index is 0.0474. The summed E-state index contributed by atoms with van der Waals surface area (Å²) in [4.78, 5) is 8.90. The highest BCUT2D eigenvalue weighted by molar-refractivity contribution is 5.27. The van der Waals surface area contributed by atoms with Gasteiger partial charge >= 0.3 is 0 Å². The van der Waals surface area contributed by atoms with E-state index in [9.17, 15) is 0 Å². The third-order valence-corrected chi connectivity index (χ3v) is 2.99. The van der Waals surface area contributed by atoms with Crippen LogP contribution in [0.4, 0.5) is 0 Å². The molecule has 1 atom stereocenters. The van der Waals surface area contributed by atoms with Crippen molar-refractivity contribution in [2.45, 2.75) is 19.4 Å². The Morgan fingerprint density at radius 3 is 2.76 bits per heavy atom. The van der Waals surface area contributed by atoms with Gasteiger partial charge in [0.15, 0.2) is 0 Å². The lowest BCUT2D eigenvalue weighted by Gasteiger charge is -2.18. The van der Waals surface area contributed by atoms with E-state index in [1.54, 1.807) is 0 Å². The minimum Gasteiger partial charge on any atom is -0.336 e. The van der Waals surface area contributed by atoms with Gasteiger partial charge < -0.3 is 9.88 Å². The molecule has 0 bridgehead atoms. The van der Waals surface area contributed by atoms with E-state index in [4.69, 9.17) is 0 Å². The van der Waals surface area contributed by atoms with Gasteiger partial charge in [0.05, 0.1) is 5.69 Å². The molecule has 2 heterocycles. The van der Waals surface area contributed by atoms with Gasteiger partial charge in [0.2, 0.25) is 0 Å². The molecule has 0 radical (unpaired) electrons. The second-order valence-electron chi connectivity index (χ2n) is 4.02. The maximum Gasteiger partial charge on any atom is 0.131 e. The highest BCUT2D eigenvalue weighted by Crippen LogP contribution is 2.21. The molecular formula is C13H18N4. The van der Waals surface area contributed by atoms with Gasteiger partial charge in [-0.05, 0) is 25.1 Å². The first-order chi connectivity index (χ1) is 8.27. The number of aryl methyl sites for hydroxylation is 2. The lowest BCUT2D eigenvalue weighted by atomic mass is 10.0. The summed E-state index contributed by atoms with van der Waals surface area (Å²) in [5.74, 6) is 0.987. The number of hydrogen-bond donors (Lipinski definition) is 1. The van der Waals surface area contributed by atoms with Crippen molar-refractivity contribution in [3.63, 3.8) is 0 Å². The van der Waals surface area contributed by atoms with Crippen LogP contribution in [0.15, 0.2) is 30.7 Å². The van der Waals surface area contributed by atoms with Crippen LogP contribution in [0.25, 0.3) is 0 Å². The minimum absolute atomic E-state index is 0.0474. The molecule has 0 aliphatic rings. The Balaban J connectivity index is 2.46. The monoisotopic (exact) mass is 230 g/mol. The van der Waals surface area contributed by atoms with Crippen LogP contribution in [-0.4, -0.2) is 21.6 Å². The molecule has 2 rings (SSSR count). The van der Waals surface area contributed by atoms with Crippen LogP contribution in [-0.2, 0) is 13.5 Å². The maximum absolute atomic E-state index is 4.50. The van der Waals surface area contributed by atoms with Crippen molar-refractivity contribution in [1.29, 1.82) is 0 Å². The zero-order chi connectivity index (χ0) is 12.3. The quantitative estimate of drug-likeness (QED) is 0.869. The maximum atomic E-state index is 4.50. The third kappa shape index (κ3) is 2.22. The largest absolute Gasteiger partial charge is 0.336 e. The van der Waals surface area contributed by atoms with Gasteiger partial charge in [0, 0.05) is 25.6 Å². The first-order valence-electron chi connectivity index (χ1n) is 5.86. The fourth-order valence-corrected chi connectivity index (χ4v) is 2.05. The first kappa shape index (κ1) is 11.8. The van der Waals surface area contributed by atoms with Crippen LogP contribution in [0, 0.1) is 0 Å². The molecule has 1 N–H and O–H groups in total. The van der Waals surface area contributed by atoms with E-state index in [0.29, 0.717) is 0 Å². The second kappa shape index (κ2) is 5.10. The van der Waals surface area contributed by atoms with E-state index in [-0.39, 0.29) is 6.04 Å². The van der Waals surface area contributed by atoms with Gasteiger partial charge in [0.25, 0.3) is 0 Å². The van der Waals surface area contributed by atoms with Crippen molar-refractivity contribution >= 4 is 0 Å². The number of nitrogens with one attached hydrogen (secondary N) is 1. The van der Waals surface area contributed by atoms with Crippen molar-refractivity contribution in [2.75, 3.05) is 7.05 Å². The lowest BCUT2D eigenvalue weighted by Crippen LogP contribution is -2.23. The summed E-state index contributed by atoms with van der Waals surface area (Å²) in [6.07, 6.45) is 6.58. The number of aromatic nitrogens is 3. The molecule has 0 spiro atoms. The van der Waals surface area contributed by atoms with E-state index in [0.717, 1.165) is 17.9 Å². The highest BCUT2D eigenvalue weighted by atomic mass is 15.1. The lowest BCUT2D eigenvalue weighted by molar-refractivity contribution is 0.597. The summed E-state index contributed by atoms with van der Waals surface area (Å²) in [6, 6.07) is 4.15. The predicted octanol–water partition coefficient (Wildman–Crippen LogP) is 1.69. The summed E-state index contributed by atoms with van der Waals surface area (Å²) >= 11 is 0. The third-order valence-electron chi connectivity index (χ3n) is 2.99. The first-order valence-corrected chi connectivity index (χ1v) is 5.86. The van der Waals surface area contributed by atoms with Crippen molar-refractivity contribution in [3.8, 4) is 0 Å². The molecule has 0 amide bonds. The van der Waals surface area contributed by atoms with Crippen LogP contribution in [0.2, 0.25) is 0 Å². The summed E-state index contributed by atoms with van der Waals surface area (Å²) in [7, 11) is 3.94. The van der Waals surface area contributed by atoms with Crippen LogP contribution in [0.3, 0.4) is 0 Å². The molecule has 4 nitrogen and oxygen atoms in total. The van der Waals surface area contributed by atoms with E-state index in [1.807, 2.05) is 43.3 Å². The topological polar surface area (TPSA) is 42.7 Å². The Labute approximate surface area is 102 Å². The molecule has 0 aliphatic carbocycles. The van der Waals surface area contributed by atoms with E-state index < -0.39 is 0 Å². The normalized spacial score (nSPS) is 12.6. The van der Waals surface area contributed by atoms with Gasteiger partial charge in [-0.3, -0.25) is 4.98 Å². The average Bonchev–Trinajstić information content (AvgIpc) is 2.78. The Bertz CT molecular complexity index is 490. The van der Waals surface area contributed by atoms with E-state index in [2.05, 4.69) is 28.3 Å². The summed E-state index contributed by atoms with van der Waals surface area (Å²) in [5.41, 5.74) is 2.32. The molecule has 0 fully saturated rings. The zero-order valence-corrected chi connectivity index (χ0v) is 10.5. The molecule has 4 heteroatoms. The number of hydrogen-bond acceptors (Lipinski definition) is 3. The van der Waals surface area contributed by atoms with Crippen LogP contribution < -0.4 is 5.32 Å². The Kier molecular flexibility index (Phi) is 3.54. The Morgan fingerprint density at radius 1 is 1.35 bits per heavy atom. The van der Waals surface area contributed by atoms with Gasteiger partial charge in [-0.1, -0.05) is 13.0 Å². The Hall–Kier alpha value is -1.68. The van der Waals surface area contributed by atoms with Crippen molar-refractivity contribution in [1.82, 2.24) is 19.9 Å².